The van der Waals surface area contributed by atoms with Gasteiger partial charge in [-0.3, -0.25) is 9.59 Å². The second-order valence-corrected chi connectivity index (χ2v) is 6.98. The molecule has 1 N–H and O–H groups in total. The standard InChI is InChI=1S/C13H14N2O3S3/c1-2-18-11(17)6-9-7-21-13(14-9)15-10(16)8-20-12-4-3-5-19-12/h3-5,7H,2,6,8H2,1H3,(H,14,15,16). The molecule has 2 aromatic heterocycles. The van der Waals surface area contributed by atoms with Crippen molar-refractivity contribution in [1.82, 2.24) is 4.98 Å². The Morgan fingerprint density at radius 2 is 2.29 bits per heavy atom. The van der Waals surface area contributed by atoms with Gasteiger partial charge in [0, 0.05) is 5.38 Å². The average molecular weight is 342 g/mol. The molecule has 112 valence electrons. The number of rotatable bonds is 7. The summed E-state index contributed by atoms with van der Waals surface area (Å²) >= 11 is 4.40. The summed E-state index contributed by atoms with van der Waals surface area (Å²) < 4.78 is 5.96. The number of esters is 1. The number of amides is 1. The van der Waals surface area contributed by atoms with E-state index in [2.05, 4.69) is 10.3 Å². The third-order valence-electron chi connectivity index (χ3n) is 2.27. The number of carbonyl (C=O) groups is 2. The summed E-state index contributed by atoms with van der Waals surface area (Å²) in [5, 5.41) is 6.96. The molecule has 0 aliphatic carbocycles. The number of hydrogen-bond acceptors (Lipinski definition) is 7. The fourth-order valence-electron chi connectivity index (χ4n) is 1.44. The van der Waals surface area contributed by atoms with Gasteiger partial charge in [0.05, 0.1) is 28.7 Å². The van der Waals surface area contributed by atoms with E-state index >= 15 is 0 Å². The SMILES string of the molecule is CCOC(=O)Cc1csc(NC(=O)CSc2cccs2)n1. The van der Waals surface area contributed by atoms with E-state index in [1.807, 2.05) is 17.5 Å². The Labute approximate surface area is 134 Å². The lowest BCUT2D eigenvalue weighted by Gasteiger charge is -2.00. The van der Waals surface area contributed by atoms with Gasteiger partial charge in [0.1, 0.15) is 0 Å². The molecule has 8 heteroatoms. The summed E-state index contributed by atoms with van der Waals surface area (Å²) in [5.41, 5.74) is 0.611. The minimum atomic E-state index is -0.311. The smallest absolute Gasteiger partial charge is 0.311 e. The Balaban J connectivity index is 1.78. The molecule has 5 nitrogen and oxygen atoms in total. The van der Waals surface area contributed by atoms with E-state index in [0.717, 1.165) is 4.21 Å². The predicted octanol–water partition coefficient (Wildman–Crippen LogP) is 3.04. The molecule has 21 heavy (non-hydrogen) atoms. The van der Waals surface area contributed by atoms with Crippen LogP contribution in [-0.2, 0) is 20.7 Å². The zero-order valence-corrected chi connectivity index (χ0v) is 13.8. The molecule has 0 spiro atoms. The highest BCUT2D eigenvalue weighted by atomic mass is 32.2. The topological polar surface area (TPSA) is 68.3 Å². The van der Waals surface area contributed by atoms with Crippen molar-refractivity contribution in [2.75, 3.05) is 17.7 Å². The first kappa shape index (κ1) is 16.0. The number of hydrogen-bond donors (Lipinski definition) is 1. The molecule has 2 rings (SSSR count). The van der Waals surface area contributed by atoms with Crippen molar-refractivity contribution in [3.05, 3.63) is 28.6 Å². The molecule has 0 fully saturated rings. The van der Waals surface area contributed by atoms with Gasteiger partial charge >= 0.3 is 5.97 Å². The number of thioether (sulfide) groups is 1. The van der Waals surface area contributed by atoms with Crippen LogP contribution in [0.4, 0.5) is 5.13 Å². The van der Waals surface area contributed by atoms with Crippen molar-refractivity contribution in [3.63, 3.8) is 0 Å². The maximum atomic E-state index is 11.8. The van der Waals surface area contributed by atoms with E-state index < -0.39 is 0 Å². The van der Waals surface area contributed by atoms with Crippen LogP contribution in [0.5, 0.6) is 0 Å². The third-order valence-corrected chi connectivity index (χ3v) is 5.21. The lowest BCUT2D eigenvalue weighted by Crippen LogP contribution is -2.14. The van der Waals surface area contributed by atoms with E-state index in [0.29, 0.717) is 23.2 Å². The number of anilines is 1. The van der Waals surface area contributed by atoms with Crippen LogP contribution in [0.2, 0.25) is 0 Å². The molecule has 0 saturated carbocycles. The van der Waals surface area contributed by atoms with E-state index in [-0.39, 0.29) is 18.3 Å². The zero-order valence-electron chi connectivity index (χ0n) is 11.3. The molecule has 0 radical (unpaired) electrons. The van der Waals surface area contributed by atoms with Gasteiger partial charge < -0.3 is 10.1 Å². The first-order valence-electron chi connectivity index (χ1n) is 6.23. The van der Waals surface area contributed by atoms with Crippen molar-refractivity contribution in [2.45, 2.75) is 17.6 Å². The Kier molecular flexibility index (Phi) is 6.21. The summed E-state index contributed by atoms with van der Waals surface area (Å²) in [6, 6.07) is 3.93. The second-order valence-electron chi connectivity index (χ2n) is 3.89. The molecule has 1 amide bonds. The highest BCUT2D eigenvalue weighted by molar-refractivity contribution is 8.01. The molecule has 0 bridgehead atoms. The first-order chi connectivity index (χ1) is 10.2. The van der Waals surface area contributed by atoms with Gasteiger partial charge in [-0.05, 0) is 18.4 Å². The molecule has 0 aliphatic heterocycles. The molecule has 0 aromatic carbocycles. The quantitative estimate of drug-likeness (QED) is 0.619. The number of thiophene rings is 1. The van der Waals surface area contributed by atoms with Crippen molar-refractivity contribution < 1.29 is 14.3 Å². The Hall–Kier alpha value is -1.38. The summed E-state index contributed by atoms with van der Waals surface area (Å²) in [4.78, 5) is 27.3. The van der Waals surface area contributed by atoms with Gasteiger partial charge in [0.2, 0.25) is 5.91 Å². The third kappa shape index (κ3) is 5.49. The van der Waals surface area contributed by atoms with Crippen LogP contribution in [0.15, 0.2) is 27.1 Å². The largest absolute Gasteiger partial charge is 0.466 e. The van der Waals surface area contributed by atoms with Crippen LogP contribution in [0.1, 0.15) is 12.6 Å². The predicted molar refractivity (Wildman–Crippen MR) is 86.1 cm³/mol. The maximum Gasteiger partial charge on any atom is 0.311 e. The summed E-state index contributed by atoms with van der Waals surface area (Å²) in [6.07, 6.45) is 0.129. The van der Waals surface area contributed by atoms with Crippen LogP contribution >= 0.6 is 34.4 Å². The lowest BCUT2D eigenvalue weighted by atomic mass is 10.3. The summed E-state index contributed by atoms with van der Waals surface area (Å²) in [6.45, 7) is 2.11. The van der Waals surface area contributed by atoms with E-state index in [1.54, 1.807) is 23.6 Å². The highest BCUT2D eigenvalue weighted by Gasteiger charge is 2.10. The molecule has 2 aromatic rings. The Bertz CT molecular complexity index is 596. The van der Waals surface area contributed by atoms with Gasteiger partial charge in [0.25, 0.3) is 0 Å². The van der Waals surface area contributed by atoms with Crippen LogP contribution in [0.3, 0.4) is 0 Å². The fourth-order valence-corrected chi connectivity index (χ4v) is 3.75. The molecule has 0 aliphatic rings. The molecule has 0 atom stereocenters. The van der Waals surface area contributed by atoms with Gasteiger partial charge in [-0.1, -0.05) is 6.07 Å². The fraction of sp³-hybridized carbons (Fsp3) is 0.308. The van der Waals surface area contributed by atoms with Crippen molar-refractivity contribution >= 4 is 51.4 Å². The molecule has 2 heterocycles. The Morgan fingerprint density at radius 1 is 1.43 bits per heavy atom. The zero-order chi connectivity index (χ0) is 15.1. The monoisotopic (exact) mass is 342 g/mol. The van der Waals surface area contributed by atoms with Crippen molar-refractivity contribution in [2.24, 2.45) is 0 Å². The average Bonchev–Trinajstić information content (AvgIpc) is 3.08. The van der Waals surface area contributed by atoms with Crippen LogP contribution in [0, 0.1) is 0 Å². The van der Waals surface area contributed by atoms with Gasteiger partial charge in [-0.25, -0.2) is 4.98 Å². The van der Waals surface area contributed by atoms with Gasteiger partial charge in [-0.15, -0.1) is 34.4 Å². The number of nitrogens with zero attached hydrogens (tertiary/aromatic N) is 1. The summed E-state index contributed by atoms with van der Waals surface area (Å²) in [5.74, 6) is -0.0767. The van der Waals surface area contributed by atoms with Gasteiger partial charge in [0.15, 0.2) is 5.13 Å². The molecule has 0 saturated heterocycles. The van der Waals surface area contributed by atoms with E-state index in [1.165, 1.54) is 23.1 Å². The molecule has 0 unspecified atom stereocenters. The number of aromatic nitrogens is 1. The van der Waals surface area contributed by atoms with Crippen molar-refractivity contribution in [3.8, 4) is 0 Å². The van der Waals surface area contributed by atoms with Crippen LogP contribution < -0.4 is 5.32 Å². The minimum absolute atomic E-state index is 0.106. The van der Waals surface area contributed by atoms with E-state index in [9.17, 15) is 9.59 Å². The maximum absolute atomic E-state index is 11.8. The summed E-state index contributed by atoms with van der Waals surface area (Å²) in [7, 11) is 0. The Morgan fingerprint density at radius 3 is 3.00 bits per heavy atom. The molecular formula is C13H14N2O3S3. The highest BCUT2D eigenvalue weighted by Crippen LogP contribution is 2.23. The molecular weight excluding hydrogens is 328 g/mol. The second kappa shape index (κ2) is 8.16. The first-order valence-corrected chi connectivity index (χ1v) is 8.98. The van der Waals surface area contributed by atoms with E-state index in [4.69, 9.17) is 4.74 Å². The van der Waals surface area contributed by atoms with Crippen molar-refractivity contribution in [1.29, 1.82) is 0 Å². The normalized spacial score (nSPS) is 10.3. The number of ether oxygens (including phenoxy) is 1. The number of carbonyl (C=O) groups excluding carboxylic acids is 2. The van der Waals surface area contributed by atoms with Gasteiger partial charge in [-0.2, -0.15) is 0 Å². The van der Waals surface area contributed by atoms with Crippen LogP contribution in [-0.4, -0.2) is 29.2 Å². The number of nitrogens with one attached hydrogen (secondary N) is 1. The lowest BCUT2D eigenvalue weighted by molar-refractivity contribution is -0.142. The minimum Gasteiger partial charge on any atom is -0.466 e. The number of thiazole rings is 1. The van der Waals surface area contributed by atoms with Crippen LogP contribution in [0.25, 0.3) is 0 Å².